The Morgan fingerprint density at radius 1 is 1.33 bits per heavy atom. The van der Waals surface area contributed by atoms with Gasteiger partial charge in [-0.3, -0.25) is 14.6 Å². The van der Waals surface area contributed by atoms with E-state index in [0.29, 0.717) is 6.54 Å². The van der Waals surface area contributed by atoms with Crippen LogP contribution < -0.4 is 10.9 Å². The molecule has 0 atom stereocenters. The molecule has 2 heterocycles. The van der Waals surface area contributed by atoms with Crippen molar-refractivity contribution in [2.45, 2.75) is 13.5 Å². The number of aromatic amines is 1. The second-order valence-electron chi connectivity index (χ2n) is 3.80. The standard InChI is InChI=1S/C12H12N4O2/c1-8-2-3-9(6-13-8)7-14-12(18)10-4-5-11(17)16-15-10/h2-6H,7H2,1H3,(H,14,18)(H,16,17). The van der Waals surface area contributed by atoms with E-state index in [4.69, 9.17) is 0 Å². The fourth-order valence-electron chi connectivity index (χ4n) is 1.35. The molecule has 0 aliphatic heterocycles. The van der Waals surface area contributed by atoms with Crippen LogP contribution in [0.3, 0.4) is 0 Å². The molecule has 0 spiro atoms. The molecule has 0 fully saturated rings. The highest BCUT2D eigenvalue weighted by atomic mass is 16.2. The Morgan fingerprint density at radius 3 is 2.78 bits per heavy atom. The molecule has 6 heteroatoms. The lowest BCUT2D eigenvalue weighted by molar-refractivity contribution is 0.0945. The second kappa shape index (κ2) is 5.22. The highest BCUT2D eigenvalue weighted by molar-refractivity contribution is 5.91. The van der Waals surface area contributed by atoms with Gasteiger partial charge < -0.3 is 5.32 Å². The van der Waals surface area contributed by atoms with Gasteiger partial charge in [0.25, 0.3) is 11.5 Å². The maximum atomic E-state index is 11.7. The summed E-state index contributed by atoms with van der Waals surface area (Å²) in [5.41, 5.74) is 1.66. The molecule has 2 aromatic rings. The van der Waals surface area contributed by atoms with Gasteiger partial charge in [0.05, 0.1) is 0 Å². The zero-order valence-corrected chi connectivity index (χ0v) is 9.80. The molecule has 0 aromatic carbocycles. The van der Waals surface area contributed by atoms with Crippen LogP contribution in [0.2, 0.25) is 0 Å². The lowest BCUT2D eigenvalue weighted by Crippen LogP contribution is -2.25. The van der Waals surface area contributed by atoms with Gasteiger partial charge in [-0.1, -0.05) is 6.07 Å². The van der Waals surface area contributed by atoms with Gasteiger partial charge in [0.2, 0.25) is 0 Å². The van der Waals surface area contributed by atoms with Gasteiger partial charge in [0.15, 0.2) is 0 Å². The first kappa shape index (κ1) is 12.0. The second-order valence-corrected chi connectivity index (χ2v) is 3.80. The van der Waals surface area contributed by atoms with Gasteiger partial charge >= 0.3 is 0 Å². The van der Waals surface area contributed by atoms with Crippen LogP contribution in [0, 0.1) is 6.92 Å². The summed E-state index contributed by atoms with van der Waals surface area (Å²) < 4.78 is 0. The number of hydrogen-bond acceptors (Lipinski definition) is 4. The molecule has 0 aliphatic rings. The molecule has 1 amide bonds. The molecular weight excluding hydrogens is 232 g/mol. The van der Waals surface area contributed by atoms with Crippen LogP contribution in [0.15, 0.2) is 35.3 Å². The van der Waals surface area contributed by atoms with E-state index in [1.165, 1.54) is 12.1 Å². The lowest BCUT2D eigenvalue weighted by Gasteiger charge is -2.04. The highest BCUT2D eigenvalue weighted by Gasteiger charge is 2.06. The molecule has 0 unspecified atom stereocenters. The Hall–Kier alpha value is -2.50. The number of carbonyl (C=O) groups is 1. The third-order valence-electron chi connectivity index (χ3n) is 2.34. The SMILES string of the molecule is Cc1ccc(CNC(=O)c2ccc(=O)[nH]n2)cn1. The van der Waals surface area contributed by atoms with Crippen molar-refractivity contribution in [2.75, 3.05) is 0 Å². The largest absolute Gasteiger partial charge is 0.347 e. The smallest absolute Gasteiger partial charge is 0.271 e. The molecule has 0 bridgehead atoms. The van der Waals surface area contributed by atoms with Crippen molar-refractivity contribution < 1.29 is 4.79 Å². The van der Waals surface area contributed by atoms with Crippen LogP contribution in [-0.2, 0) is 6.54 Å². The first-order valence-electron chi connectivity index (χ1n) is 5.40. The molecule has 0 radical (unpaired) electrons. The van der Waals surface area contributed by atoms with Crippen LogP contribution in [0.5, 0.6) is 0 Å². The van der Waals surface area contributed by atoms with E-state index in [1.807, 2.05) is 19.1 Å². The van der Waals surface area contributed by atoms with E-state index in [1.54, 1.807) is 6.20 Å². The Kier molecular flexibility index (Phi) is 3.47. The maximum Gasteiger partial charge on any atom is 0.271 e. The average Bonchev–Trinajstić information content (AvgIpc) is 2.38. The third-order valence-corrected chi connectivity index (χ3v) is 2.34. The number of pyridine rings is 1. The average molecular weight is 244 g/mol. The predicted octanol–water partition coefficient (Wildman–Crippen LogP) is 0.403. The van der Waals surface area contributed by atoms with Gasteiger partial charge in [0, 0.05) is 24.5 Å². The quantitative estimate of drug-likeness (QED) is 0.818. The number of amides is 1. The minimum atomic E-state index is -0.341. The molecule has 2 N–H and O–H groups in total. The minimum absolute atomic E-state index is 0.176. The molecule has 0 aliphatic carbocycles. The van der Waals surface area contributed by atoms with Gasteiger partial charge in [-0.05, 0) is 24.6 Å². The van der Waals surface area contributed by atoms with E-state index >= 15 is 0 Å². The summed E-state index contributed by atoms with van der Waals surface area (Å²) in [5.74, 6) is -0.341. The van der Waals surface area contributed by atoms with E-state index < -0.39 is 0 Å². The number of carbonyl (C=O) groups excluding carboxylic acids is 1. The number of nitrogens with zero attached hydrogens (tertiary/aromatic N) is 2. The summed E-state index contributed by atoms with van der Waals surface area (Å²) in [7, 11) is 0. The van der Waals surface area contributed by atoms with Crippen LogP contribution in [0.1, 0.15) is 21.7 Å². The first-order valence-corrected chi connectivity index (χ1v) is 5.40. The zero-order chi connectivity index (χ0) is 13.0. The molecule has 6 nitrogen and oxygen atoms in total. The van der Waals surface area contributed by atoms with E-state index in [9.17, 15) is 9.59 Å². The van der Waals surface area contributed by atoms with Crippen molar-refractivity contribution in [3.05, 3.63) is 57.8 Å². The van der Waals surface area contributed by atoms with Crippen molar-refractivity contribution in [1.82, 2.24) is 20.5 Å². The number of nitrogens with one attached hydrogen (secondary N) is 2. The first-order chi connectivity index (χ1) is 8.65. The zero-order valence-electron chi connectivity index (χ0n) is 9.80. The summed E-state index contributed by atoms with van der Waals surface area (Å²) >= 11 is 0. The Bertz CT molecular complexity index is 584. The Morgan fingerprint density at radius 2 is 2.17 bits per heavy atom. The molecular formula is C12H12N4O2. The molecule has 2 rings (SSSR count). The molecule has 18 heavy (non-hydrogen) atoms. The summed E-state index contributed by atoms with van der Waals surface area (Å²) in [5, 5.41) is 8.54. The lowest BCUT2D eigenvalue weighted by atomic mass is 10.2. The number of hydrogen-bond donors (Lipinski definition) is 2. The van der Waals surface area contributed by atoms with Gasteiger partial charge in [-0.2, -0.15) is 5.10 Å². The molecule has 0 saturated carbocycles. The fraction of sp³-hybridized carbons (Fsp3) is 0.167. The predicted molar refractivity (Wildman–Crippen MR) is 65.0 cm³/mol. The Labute approximate surface area is 103 Å². The van der Waals surface area contributed by atoms with Crippen molar-refractivity contribution in [3.63, 3.8) is 0 Å². The summed E-state index contributed by atoms with van der Waals surface area (Å²) in [4.78, 5) is 26.6. The highest BCUT2D eigenvalue weighted by Crippen LogP contribution is 1.99. The van der Waals surface area contributed by atoms with Crippen LogP contribution in [0.4, 0.5) is 0 Å². The van der Waals surface area contributed by atoms with E-state index in [-0.39, 0.29) is 17.2 Å². The third kappa shape index (κ3) is 3.00. The van der Waals surface area contributed by atoms with Crippen LogP contribution >= 0.6 is 0 Å². The monoisotopic (exact) mass is 244 g/mol. The Balaban J connectivity index is 1.98. The van der Waals surface area contributed by atoms with E-state index in [2.05, 4.69) is 20.5 Å². The normalized spacial score (nSPS) is 10.1. The van der Waals surface area contributed by atoms with Crippen molar-refractivity contribution in [3.8, 4) is 0 Å². The maximum absolute atomic E-state index is 11.7. The van der Waals surface area contributed by atoms with Crippen LogP contribution in [-0.4, -0.2) is 21.1 Å². The summed E-state index contributed by atoms with van der Waals surface area (Å²) in [6.07, 6.45) is 1.70. The van der Waals surface area contributed by atoms with Crippen molar-refractivity contribution in [2.24, 2.45) is 0 Å². The van der Waals surface area contributed by atoms with Crippen molar-refractivity contribution in [1.29, 1.82) is 0 Å². The summed E-state index contributed by atoms with van der Waals surface area (Å²) in [6, 6.07) is 6.40. The number of aromatic nitrogens is 3. The number of rotatable bonds is 3. The van der Waals surface area contributed by atoms with Gasteiger partial charge in [-0.15, -0.1) is 0 Å². The van der Waals surface area contributed by atoms with Crippen LogP contribution in [0.25, 0.3) is 0 Å². The number of H-pyrrole nitrogens is 1. The minimum Gasteiger partial charge on any atom is -0.347 e. The number of aryl methyl sites for hydroxylation is 1. The fourth-order valence-corrected chi connectivity index (χ4v) is 1.35. The van der Waals surface area contributed by atoms with Gasteiger partial charge in [-0.25, -0.2) is 5.10 Å². The summed E-state index contributed by atoms with van der Waals surface area (Å²) in [6.45, 7) is 2.26. The molecule has 92 valence electrons. The van der Waals surface area contributed by atoms with E-state index in [0.717, 1.165) is 11.3 Å². The van der Waals surface area contributed by atoms with Crippen molar-refractivity contribution >= 4 is 5.91 Å². The molecule has 0 saturated heterocycles. The van der Waals surface area contributed by atoms with Gasteiger partial charge in [0.1, 0.15) is 5.69 Å². The topological polar surface area (TPSA) is 87.7 Å². The molecule has 2 aromatic heterocycles.